The molecule has 3 fully saturated rings. The van der Waals surface area contributed by atoms with Gasteiger partial charge >= 0.3 is 0 Å². The third kappa shape index (κ3) is 1.82. The summed E-state index contributed by atoms with van der Waals surface area (Å²) in [5.41, 5.74) is -0.0422. The Labute approximate surface area is 109 Å². The molecule has 0 amide bonds. The van der Waals surface area contributed by atoms with Crippen LogP contribution in [0.5, 0.6) is 0 Å². The lowest BCUT2D eigenvalue weighted by molar-refractivity contribution is -0.236. The number of fused-ring (bicyclic) bond motifs is 1. The molecule has 0 unspecified atom stereocenters. The summed E-state index contributed by atoms with van der Waals surface area (Å²) in [6.45, 7) is 3.63. The van der Waals surface area contributed by atoms with E-state index in [-0.39, 0.29) is 23.4 Å². The van der Waals surface area contributed by atoms with Gasteiger partial charge in [-0.1, -0.05) is 6.92 Å². The molecule has 0 radical (unpaired) electrons. The van der Waals surface area contributed by atoms with Crippen LogP contribution in [0.1, 0.15) is 39.0 Å². The van der Waals surface area contributed by atoms with Crippen LogP contribution in [0.15, 0.2) is 0 Å². The Morgan fingerprint density at radius 2 is 1.89 bits per heavy atom. The average molecular weight is 256 g/mol. The van der Waals surface area contributed by atoms with E-state index in [9.17, 15) is 5.11 Å². The number of ether oxygens (including phenoxy) is 3. The van der Waals surface area contributed by atoms with E-state index in [1.54, 1.807) is 7.11 Å². The Hall–Kier alpha value is -0.160. The summed E-state index contributed by atoms with van der Waals surface area (Å²) in [4.78, 5) is 0. The fraction of sp³-hybridized carbons (Fsp3) is 1.00. The maximum absolute atomic E-state index is 10.5. The third-order valence-corrected chi connectivity index (χ3v) is 5.48. The topological polar surface area (TPSA) is 47.9 Å². The lowest BCUT2D eigenvalue weighted by Gasteiger charge is -2.54. The number of hydrogen-bond donors (Lipinski definition) is 1. The Bertz CT molecular complexity index is 313. The van der Waals surface area contributed by atoms with Gasteiger partial charge in [-0.2, -0.15) is 0 Å². The molecular formula is C14H24O4. The van der Waals surface area contributed by atoms with E-state index in [1.165, 1.54) is 0 Å². The van der Waals surface area contributed by atoms with Crippen LogP contribution < -0.4 is 0 Å². The highest BCUT2D eigenvalue weighted by Gasteiger charge is 2.55. The van der Waals surface area contributed by atoms with Crippen LogP contribution in [-0.2, 0) is 14.2 Å². The lowest BCUT2D eigenvalue weighted by Crippen LogP contribution is -2.56. The van der Waals surface area contributed by atoms with E-state index in [0.717, 1.165) is 32.1 Å². The zero-order chi connectivity index (χ0) is 12.8. The van der Waals surface area contributed by atoms with Gasteiger partial charge in [0.25, 0.3) is 0 Å². The molecule has 0 aromatic heterocycles. The molecule has 2 saturated carbocycles. The molecular weight excluding hydrogens is 232 g/mol. The lowest BCUT2D eigenvalue weighted by atomic mass is 9.57. The molecule has 104 valence electrons. The zero-order valence-electron chi connectivity index (χ0n) is 11.4. The van der Waals surface area contributed by atoms with Gasteiger partial charge in [-0.05, 0) is 30.6 Å². The third-order valence-electron chi connectivity index (χ3n) is 5.48. The van der Waals surface area contributed by atoms with Crippen molar-refractivity contribution >= 4 is 0 Å². The highest BCUT2D eigenvalue weighted by Crippen LogP contribution is 2.55. The van der Waals surface area contributed by atoms with Crippen molar-refractivity contribution in [2.45, 2.75) is 57.0 Å². The normalized spacial score (nSPS) is 47.2. The standard InChI is InChI=1S/C14H24O4/c1-13-5-6-14(17-7-8-18-14)9-10(13)3-4-11(16-2)12(13)15/h10-12,15H,3-9H2,1-2H3/t10-,11+,12+,13+/m1/s1. The number of rotatable bonds is 1. The van der Waals surface area contributed by atoms with Gasteiger partial charge in [0.1, 0.15) is 0 Å². The highest BCUT2D eigenvalue weighted by atomic mass is 16.7. The van der Waals surface area contributed by atoms with Gasteiger partial charge in [0, 0.05) is 20.0 Å². The smallest absolute Gasteiger partial charge is 0.168 e. The van der Waals surface area contributed by atoms with Crippen LogP contribution in [0.4, 0.5) is 0 Å². The quantitative estimate of drug-likeness (QED) is 0.776. The van der Waals surface area contributed by atoms with Crippen molar-refractivity contribution < 1.29 is 19.3 Å². The van der Waals surface area contributed by atoms with Crippen LogP contribution in [0.3, 0.4) is 0 Å². The van der Waals surface area contributed by atoms with E-state index >= 15 is 0 Å². The van der Waals surface area contributed by atoms with Gasteiger partial charge in [0.2, 0.25) is 0 Å². The molecule has 3 rings (SSSR count). The zero-order valence-corrected chi connectivity index (χ0v) is 11.4. The molecule has 18 heavy (non-hydrogen) atoms. The number of aliphatic hydroxyl groups is 1. The van der Waals surface area contributed by atoms with Crippen molar-refractivity contribution in [3.05, 3.63) is 0 Å². The Kier molecular flexibility index (Phi) is 3.17. The average Bonchev–Trinajstić information content (AvgIpc) is 2.82. The second-order valence-corrected chi connectivity index (χ2v) is 6.31. The number of methoxy groups -OCH3 is 1. The van der Waals surface area contributed by atoms with E-state index in [4.69, 9.17) is 14.2 Å². The molecule has 4 heteroatoms. The summed E-state index contributed by atoms with van der Waals surface area (Å²) in [6.07, 6.45) is 4.45. The van der Waals surface area contributed by atoms with Crippen molar-refractivity contribution in [1.29, 1.82) is 0 Å². The van der Waals surface area contributed by atoms with E-state index in [2.05, 4.69) is 6.92 Å². The Balaban J connectivity index is 1.78. The Morgan fingerprint density at radius 3 is 2.56 bits per heavy atom. The van der Waals surface area contributed by atoms with Crippen molar-refractivity contribution in [3.63, 3.8) is 0 Å². The van der Waals surface area contributed by atoms with Crippen LogP contribution in [0.2, 0.25) is 0 Å². The van der Waals surface area contributed by atoms with Crippen LogP contribution >= 0.6 is 0 Å². The molecule has 0 aromatic rings. The number of aliphatic hydroxyl groups excluding tert-OH is 1. The summed E-state index contributed by atoms with van der Waals surface area (Å²) in [5.74, 6) is 0.134. The first-order valence-corrected chi connectivity index (χ1v) is 7.08. The second-order valence-electron chi connectivity index (χ2n) is 6.31. The fourth-order valence-corrected chi connectivity index (χ4v) is 4.15. The van der Waals surface area contributed by atoms with Gasteiger partial charge in [-0.25, -0.2) is 0 Å². The first kappa shape index (κ1) is 12.9. The van der Waals surface area contributed by atoms with E-state index in [0.29, 0.717) is 19.1 Å². The summed E-state index contributed by atoms with van der Waals surface area (Å²) in [6, 6.07) is 0. The molecule has 2 aliphatic carbocycles. The fourth-order valence-electron chi connectivity index (χ4n) is 4.15. The summed E-state index contributed by atoms with van der Waals surface area (Å²) in [5, 5.41) is 10.5. The van der Waals surface area contributed by atoms with Crippen molar-refractivity contribution in [1.82, 2.24) is 0 Å². The summed E-state index contributed by atoms with van der Waals surface area (Å²) in [7, 11) is 1.70. The molecule has 4 nitrogen and oxygen atoms in total. The number of hydrogen-bond acceptors (Lipinski definition) is 4. The van der Waals surface area contributed by atoms with Gasteiger partial charge in [0.15, 0.2) is 5.79 Å². The molecule has 1 aliphatic heterocycles. The van der Waals surface area contributed by atoms with Crippen LogP contribution in [0.25, 0.3) is 0 Å². The molecule has 3 aliphatic rings. The largest absolute Gasteiger partial charge is 0.390 e. The minimum Gasteiger partial charge on any atom is -0.390 e. The molecule has 1 spiro atoms. The molecule has 1 heterocycles. The first-order chi connectivity index (χ1) is 8.60. The monoisotopic (exact) mass is 256 g/mol. The van der Waals surface area contributed by atoms with Crippen molar-refractivity contribution in [3.8, 4) is 0 Å². The molecule has 1 N–H and O–H groups in total. The Morgan fingerprint density at radius 1 is 1.17 bits per heavy atom. The first-order valence-electron chi connectivity index (χ1n) is 7.08. The minimum atomic E-state index is -0.361. The SMILES string of the molecule is CO[C@H]1CC[C@@H]2CC3(CC[C@]2(C)[C@H]1O)OCCO3. The highest BCUT2D eigenvalue weighted by molar-refractivity contribution is 5.03. The predicted molar refractivity (Wildman–Crippen MR) is 66.1 cm³/mol. The van der Waals surface area contributed by atoms with Crippen LogP contribution in [0, 0.1) is 11.3 Å². The molecule has 0 bridgehead atoms. The molecule has 1 saturated heterocycles. The predicted octanol–water partition coefficient (Wildman–Crippen LogP) is 1.71. The summed E-state index contributed by atoms with van der Waals surface area (Å²) < 4.78 is 17.1. The maximum Gasteiger partial charge on any atom is 0.168 e. The molecule has 0 aromatic carbocycles. The van der Waals surface area contributed by atoms with Crippen molar-refractivity contribution in [2.24, 2.45) is 11.3 Å². The van der Waals surface area contributed by atoms with Crippen LogP contribution in [-0.4, -0.2) is 43.4 Å². The molecule has 4 atom stereocenters. The van der Waals surface area contributed by atoms with Gasteiger partial charge in [0.05, 0.1) is 25.4 Å². The van der Waals surface area contributed by atoms with E-state index in [1.807, 2.05) is 0 Å². The van der Waals surface area contributed by atoms with Gasteiger partial charge < -0.3 is 19.3 Å². The van der Waals surface area contributed by atoms with E-state index < -0.39 is 0 Å². The van der Waals surface area contributed by atoms with Gasteiger partial charge in [-0.3, -0.25) is 0 Å². The maximum atomic E-state index is 10.5. The van der Waals surface area contributed by atoms with Crippen molar-refractivity contribution in [2.75, 3.05) is 20.3 Å². The minimum absolute atomic E-state index is 0.00860. The van der Waals surface area contributed by atoms with Gasteiger partial charge in [-0.15, -0.1) is 0 Å². The second kappa shape index (κ2) is 4.44. The summed E-state index contributed by atoms with van der Waals surface area (Å²) >= 11 is 0.